The Hall–Kier alpha value is -0.680. The molecule has 0 heterocycles. The van der Waals surface area contributed by atoms with E-state index in [1.165, 1.54) is 0 Å². The van der Waals surface area contributed by atoms with Crippen LogP contribution in [0.1, 0.15) is 11.1 Å². The van der Waals surface area contributed by atoms with Gasteiger partial charge in [0.25, 0.3) is 0 Å². The largest absolute Gasteiger partial charge is 0.230 e. The molecule has 0 spiro atoms. The molecule has 0 aliphatic heterocycles. The van der Waals surface area contributed by atoms with E-state index >= 15 is 0 Å². The van der Waals surface area contributed by atoms with Crippen LogP contribution in [-0.4, -0.2) is 8.42 Å². The highest BCUT2D eigenvalue weighted by Gasteiger charge is 2.15. The maximum atomic E-state index is 12.2. The van der Waals surface area contributed by atoms with E-state index in [9.17, 15) is 8.42 Å². The quantitative estimate of drug-likeness (QED) is 0.736. The van der Waals surface area contributed by atoms with E-state index in [-0.39, 0.29) is 0 Å². The fourth-order valence-electron chi connectivity index (χ4n) is 1.55. The molecular formula is C14H12Cl2O2S2. The number of hydrogen-bond donors (Lipinski definition) is 0. The highest BCUT2D eigenvalue weighted by Crippen LogP contribution is 2.29. The van der Waals surface area contributed by atoms with Gasteiger partial charge in [-0.15, -0.1) is 0 Å². The highest BCUT2D eigenvalue weighted by atomic mass is 35.5. The zero-order valence-corrected chi connectivity index (χ0v) is 13.8. The van der Waals surface area contributed by atoms with Crippen molar-refractivity contribution < 1.29 is 8.42 Å². The molecule has 0 atom stereocenters. The van der Waals surface area contributed by atoms with Crippen LogP contribution < -0.4 is 0 Å². The van der Waals surface area contributed by atoms with Gasteiger partial charge in [0.2, 0.25) is 8.87 Å². The lowest BCUT2D eigenvalue weighted by Gasteiger charge is -2.05. The number of hydrogen-bond acceptors (Lipinski definition) is 3. The maximum Gasteiger partial charge on any atom is 0.230 e. The van der Waals surface area contributed by atoms with Crippen LogP contribution in [0.15, 0.2) is 47.4 Å². The molecule has 6 heteroatoms. The van der Waals surface area contributed by atoms with Gasteiger partial charge in [-0.25, -0.2) is 8.42 Å². The average molecular weight is 347 g/mol. The summed E-state index contributed by atoms with van der Waals surface area (Å²) in [6.45, 7) is 1.92. The molecule has 0 bridgehead atoms. The molecule has 0 aliphatic rings. The summed E-state index contributed by atoms with van der Waals surface area (Å²) in [5.74, 6) is 0.326. The summed E-state index contributed by atoms with van der Waals surface area (Å²) in [5.41, 5.74) is 1.85. The van der Waals surface area contributed by atoms with Crippen LogP contribution in [0.3, 0.4) is 0 Å². The van der Waals surface area contributed by atoms with Gasteiger partial charge in [-0.1, -0.05) is 47.0 Å². The highest BCUT2D eigenvalue weighted by molar-refractivity contribution is 8.71. The van der Waals surface area contributed by atoms with Gasteiger partial charge in [-0.05, 0) is 47.5 Å². The Balaban J connectivity index is 2.13. The Morgan fingerprint density at radius 1 is 1.00 bits per heavy atom. The van der Waals surface area contributed by atoms with Crippen LogP contribution in [0.5, 0.6) is 0 Å². The van der Waals surface area contributed by atoms with Gasteiger partial charge in [0, 0.05) is 5.75 Å². The normalized spacial score (nSPS) is 11.6. The summed E-state index contributed by atoms with van der Waals surface area (Å²) in [4.78, 5) is 0.313. The van der Waals surface area contributed by atoms with Crippen LogP contribution in [0.25, 0.3) is 0 Å². The predicted molar refractivity (Wildman–Crippen MR) is 86.1 cm³/mol. The average Bonchev–Trinajstić information content (AvgIpc) is 2.41. The third kappa shape index (κ3) is 3.92. The lowest BCUT2D eigenvalue weighted by Crippen LogP contribution is -1.96. The van der Waals surface area contributed by atoms with E-state index in [1.807, 2.05) is 6.92 Å². The molecule has 0 N–H and O–H groups in total. The van der Waals surface area contributed by atoms with E-state index in [4.69, 9.17) is 23.2 Å². The van der Waals surface area contributed by atoms with Crippen molar-refractivity contribution in [2.24, 2.45) is 0 Å². The van der Waals surface area contributed by atoms with E-state index in [2.05, 4.69) is 0 Å². The monoisotopic (exact) mass is 346 g/mol. The van der Waals surface area contributed by atoms with Crippen molar-refractivity contribution >= 4 is 42.9 Å². The molecule has 2 rings (SSSR count). The van der Waals surface area contributed by atoms with E-state index in [0.717, 1.165) is 21.9 Å². The van der Waals surface area contributed by atoms with Crippen LogP contribution >= 0.6 is 34.0 Å². The molecule has 2 aromatic rings. The first-order valence-corrected chi connectivity index (χ1v) is 9.53. The van der Waals surface area contributed by atoms with Crippen LogP contribution in [0, 0.1) is 6.92 Å². The Labute approximate surface area is 132 Å². The lowest BCUT2D eigenvalue weighted by atomic mass is 10.2. The fourth-order valence-corrected chi connectivity index (χ4v) is 4.56. The van der Waals surface area contributed by atoms with Crippen LogP contribution in [0.2, 0.25) is 10.0 Å². The molecule has 20 heavy (non-hydrogen) atoms. The molecule has 0 unspecified atom stereocenters. The van der Waals surface area contributed by atoms with E-state index in [1.54, 1.807) is 42.5 Å². The zero-order chi connectivity index (χ0) is 14.8. The summed E-state index contributed by atoms with van der Waals surface area (Å²) in [6.07, 6.45) is 0. The minimum atomic E-state index is -3.36. The summed E-state index contributed by atoms with van der Waals surface area (Å²) < 4.78 is 24.3. The van der Waals surface area contributed by atoms with Gasteiger partial charge < -0.3 is 0 Å². The molecule has 0 aromatic heterocycles. The van der Waals surface area contributed by atoms with Crippen molar-refractivity contribution in [3.8, 4) is 0 Å². The van der Waals surface area contributed by atoms with E-state index in [0.29, 0.717) is 20.7 Å². The smallest absolute Gasteiger partial charge is 0.212 e. The topological polar surface area (TPSA) is 34.1 Å². The molecule has 2 nitrogen and oxygen atoms in total. The van der Waals surface area contributed by atoms with Crippen molar-refractivity contribution in [2.45, 2.75) is 17.6 Å². The predicted octanol–water partition coefficient (Wildman–Crippen LogP) is 4.92. The lowest BCUT2D eigenvalue weighted by molar-refractivity contribution is 0.610. The van der Waals surface area contributed by atoms with Gasteiger partial charge in [0.15, 0.2) is 0 Å². The first-order valence-electron chi connectivity index (χ1n) is 5.78. The fraction of sp³-hybridized carbons (Fsp3) is 0.143. The van der Waals surface area contributed by atoms with Gasteiger partial charge in [-0.2, -0.15) is 0 Å². The number of halogens is 2. The number of rotatable bonds is 4. The molecule has 0 saturated carbocycles. The van der Waals surface area contributed by atoms with Gasteiger partial charge >= 0.3 is 0 Å². The second kappa shape index (κ2) is 6.39. The van der Waals surface area contributed by atoms with Crippen LogP contribution in [-0.2, 0) is 14.6 Å². The van der Waals surface area contributed by atoms with Gasteiger partial charge in [-0.3, -0.25) is 0 Å². The molecule has 0 fully saturated rings. The Kier molecular flexibility index (Phi) is 5.02. The third-order valence-electron chi connectivity index (χ3n) is 2.67. The van der Waals surface area contributed by atoms with Gasteiger partial charge in [0.1, 0.15) is 0 Å². The summed E-state index contributed by atoms with van der Waals surface area (Å²) >= 11 is 11.7. The summed E-state index contributed by atoms with van der Waals surface area (Å²) in [6, 6.07) is 11.9. The van der Waals surface area contributed by atoms with Gasteiger partial charge in [0.05, 0.1) is 14.9 Å². The molecule has 0 aliphatic carbocycles. The van der Waals surface area contributed by atoms with Crippen molar-refractivity contribution in [3.05, 3.63) is 63.6 Å². The van der Waals surface area contributed by atoms with E-state index < -0.39 is 8.87 Å². The molecule has 0 radical (unpaired) electrons. The molecular weight excluding hydrogens is 335 g/mol. The molecule has 2 aromatic carbocycles. The maximum absolute atomic E-state index is 12.2. The Bertz CT molecular complexity index is 710. The SMILES string of the molecule is Cc1ccc(S(=O)(=O)SCc2ccc(Cl)c(Cl)c2)cc1. The minimum Gasteiger partial charge on any atom is -0.212 e. The standard InChI is InChI=1S/C14H12Cl2O2S2/c1-10-2-5-12(6-3-10)20(17,18)19-9-11-4-7-13(15)14(16)8-11/h2-8H,9H2,1H3. The molecule has 106 valence electrons. The Morgan fingerprint density at radius 3 is 2.25 bits per heavy atom. The first kappa shape index (κ1) is 15.7. The number of benzene rings is 2. The summed E-state index contributed by atoms with van der Waals surface area (Å²) in [5, 5.41) is 0.888. The van der Waals surface area contributed by atoms with Crippen molar-refractivity contribution in [1.82, 2.24) is 0 Å². The van der Waals surface area contributed by atoms with Crippen molar-refractivity contribution in [1.29, 1.82) is 0 Å². The van der Waals surface area contributed by atoms with Crippen molar-refractivity contribution in [2.75, 3.05) is 0 Å². The number of aryl methyl sites for hydroxylation is 1. The third-order valence-corrected chi connectivity index (χ3v) is 6.89. The minimum absolute atomic E-state index is 0.313. The van der Waals surface area contributed by atoms with Crippen LogP contribution in [0.4, 0.5) is 0 Å². The second-order valence-corrected chi connectivity index (χ2v) is 9.02. The summed E-state index contributed by atoms with van der Waals surface area (Å²) in [7, 11) is -2.48. The first-order chi connectivity index (χ1) is 9.38. The zero-order valence-electron chi connectivity index (χ0n) is 10.6. The Morgan fingerprint density at radius 2 is 1.65 bits per heavy atom. The van der Waals surface area contributed by atoms with Crippen molar-refractivity contribution in [3.63, 3.8) is 0 Å². The molecule has 0 amide bonds. The molecule has 0 saturated heterocycles. The second-order valence-electron chi connectivity index (χ2n) is 4.28.